The second-order valence-electron chi connectivity index (χ2n) is 4.33. The van der Waals surface area contributed by atoms with E-state index in [1.165, 1.54) is 0 Å². The average Bonchev–Trinajstić information content (AvgIpc) is 2.38. The summed E-state index contributed by atoms with van der Waals surface area (Å²) in [5.41, 5.74) is 7.48. The van der Waals surface area contributed by atoms with Gasteiger partial charge in [0.2, 0.25) is 0 Å². The van der Waals surface area contributed by atoms with E-state index in [4.69, 9.17) is 45.3 Å². The molecule has 2 aromatic rings. The van der Waals surface area contributed by atoms with Crippen LogP contribution >= 0.6 is 34.8 Å². The molecule has 0 aliphatic heterocycles. The molecule has 5 heteroatoms. The van der Waals surface area contributed by atoms with Gasteiger partial charge in [0, 0.05) is 10.0 Å². The first-order chi connectivity index (χ1) is 9.60. The van der Waals surface area contributed by atoms with Crippen LogP contribution in [0, 0.1) is 0 Å². The van der Waals surface area contributed by atoms with Crippen LogP contribution in [-0.4, -0.2) is 6.54 Å². The molecule has 106 valence electrons. The fourth-order valence-corrected chi connectivity index (χ4v) is 2.70. The first-order valence-electron chi connectivity index (χ1n) is 6.15. The molecular formula is C15H14Cl3NO. The van der Waals surface area contributed by atoms with E-state index in [1.807, 2.05) is 30.3 Å². The lowest BCUT2D eigenvalue weighted by molar-refractivity contribution is 0.303. The minimum atomic E-state index is 0.388. The van der Waals surface area contributed by atoms with E-state index in [1.54, 1.807) is 6.07 Å². The highest BCUT2D eigenvalue weighted by Gasteiger charge is 2.10. The van der Waals surface area contributed by atoms with Gasteiger partial charge in [0.15, 0.2) is 0 Å². The number of ether oxygens (including phenoxy) is 1. The van der Waals surface area contributed by atoms with E-state index in [-0.39, 0.29) is 0 Å². The minimum Gasteiger partial charge on any atom is -0.487 e. The quantitative estimate of drug-likeness (QED) is 0.860. The standard InChI is InChI=1S/C15H14Cl3NO/c16-12-3-1-2-10(6-12)9-20-15-11(4-5-19)7-13(17)8-14(15)18/h1-3,6-8H,4-5,9,19H2. The van der Waals surface area contributed by atoms with Crippen molar-refractivity contribution in [2.75, 3.05) is 6.54 Å². The Bertz CT molecular complexity index is 602. The summed E-state index contributed by atoms with van der Waals surface area (Å²) in [5.74, 6) is 0.626. The van der Waals surface area contributed by atoms with Crippen LogP contribution in [0.1, 0.15) is 11.1 Å². The highest BCUT2D eigenvalue weighted by molar-refractivity contribution is 6.35. The van der Waals surface area contributed by atoms with E-state index in [0.717, 1.165) is 11.1 Å². The minimum absolute atomic E-state index is 0.388. The lowest BCUT2D eigenvalue weighted by Gasteiger charge is -2.13. The third kappa shape index (κ3) is 4.03. The average molecular weight is 331 g/mol. The Morgan fingerprint density at radius 1 is 1.00 bits per heavy atom. The lowest BCUT2D eigenvalue weighted by Crippen LogP contribution is -2.06. The van der Waals surface area contributed by atoms with Crippen molar-refractivity contribution < 1.29 is 4.74 Å². The molecule has 0 radical (unpaired) electrons. The van der Waals surface area contributed by atoms with Gasteiger partial charge in [0.1, 0.15) is 12.4 Å². The predicted molar refractivity (Wildman–Crippen MR) is 85.0 cm³/mol. The second kappa shape index (κ2) is 7.19. The number of rotatable bonds is 5. The van der Waals surface area contributed by atoms with Crippen LogP contribution in [0.25, 0.3) is 0 Å². The van der Waals surface area contributed by atoms with Gasteiger partial charge < -0.3 is 10.5 Å². The zero-order valence-electron chi connectivity index (χ0n) is 10.7. The Hall–Kier alpha value is -0.930. The monoisotopic (exact) mass is 329 g/mol. The van der Waals surface area contributed by atoms with Gasteiger partial charge in [-0.25, -0.2) is 0 Å². The van der Waals surface area contributed by atoms with Crippen LogP contribution in [-0.2, 0) is 13.0 Å². The smallest absolute Gasteiger partial charge is 0.141 e. The molecule has 0 saturated carbocycles. The van der Waals surface area contributed by atoms with E-state index >= 15 is 0 Å². The van der Waals surface area contributed by atoms with Crippen molar-refractivity contribution in [2.24, 2.45) is 5.73 Å². The summed E-state index contributed by atoms with van der Waals surface area (Å²) in [7, 11) is 0. The molecule has 0 heterocycles. The highest BCUT2D eigenvalue weighted by Crippen LogP contribution is 2.33. The second-order valence-corrected chi connectivity index (χ2v) is 5.61. The summed E-state index contributed by atoms with van der Waals surface area (Å²) in [4.78, 5) is 0. The molecule has 2 rings (SSSR count). The fraction of sp³-hybridized carbons (Fsp3) is 0.200. The summed E-state index contributed by atoms with van der Waals surface area (Å²) in [5, 5.41) is 1.74. The summed E-state index contributed by atoms with van der Waals surface area (Å²) in [6.45, 7) is 0.893. The molecule has 0 saturated heterocycles. The van der Waals surface area contributed by atoms with Crippen LogP contribution in [0.2, 0.25) is 15.1 Å². The van der Waals surface area contributed by atoms with Crippen LogP contribution < -0.4 is 10.5 Å². The van der Waals surface area contributed by atoms with Gasteiger partial charge in [0.25, 0.3) is 0 Å². The Morgan fingerprint density at radius 3 is 2.50 bits per heavy atom. The first kappa shape index (κ1) is 15.5. The van der Waals surface area contributed by atoms with Gasteiger partial charge in [-0.05, 0) is 48.4 Å². The van der Waals surface area contributed by atoms with Crippen LogP contribution in [0.15, 0.2) is 36.4 Å². The number of halogens is 3. The summed E-state index contributed by atoms with van der Waals surface area (Å²) >= 11 is 18.1. The maximum absolute atomic E-state index is 6.19. The lowest BCUT2D eigenvalue weighted by atomic mass is 10.1. The number of hydrogen-bond donors (Lipinski definition) is 1. The van der Waals surface area contributed by atoms with E-state index in [0.29, 0.717) is 40.4 Å². The van der Waals surface area contributed by atoms with Crippen LogP contribution in [0.4, 0.5) is 0 Å². The summed E-state index contributed by atoms with van der Waals surface area (Å²) < 4.78 is 5.81. The SMILES string of the molecule is NCCc1cc(Cl)cc(Cl)c1OCc1cccc(Cl)c1. The molecule has 0 fully saturated rings. The Morgan fingerprint density at radius 2 is 1.80 bits per heavy atom. The molecule has 0 aliphatic carbocycles. The molecule has 0 bridgehead atoms. The zero-order chi connectivity index (χ0) is 14.5. The van der Waals surface area contributed by atoms with E-state index in [2.05, 4.69) is 0 Å². The fourth-order valence-electron chi connectivity index (χ4n) is 1.90. The van der Waals surface area contributed by atoms with Crippen molar-refractivity contribution in [1.82, 2.24) is 0 Å². The van der Waals surface area contributed by atoms with Crippen LogP contribution in [0.3, 0.4) is 0 Å². The largest absolute Gasteiger partial charge is 0.487 e. The molecular weight excluding hydrogens is 317 g/mol. The maximum atomic E-state index is 6.19. The Balaban J connectivity index is 2.20. The first-order valence-corrected chi connectivity index (χ1v) is 7.29. The molecule has 20 heavy (non-hydrogen) atoms. The summed E-state index contributed by atoms with van der Waals surface area (Å²) in [6.07, 6.45) is 0.658. The molecule has 2 aromatic carbocycles. The topological polar surface area (TPSA) is 35.2 Å². The molecule has 0 atom stereocenters. The maximum Gasteiger partial charge on any atom is 0.141 e. The third-order valence-electron chi connectivity index (χ3n) is 2.77. The van der Waals surface area contributed by atoms with Crippen molar-refractivity contribution in [3.8, 4) is 5.75 Å². The third-order valence-corrected chi connectivity index (χ3v) is 3.51. The van der Waals surface area contributed by atoms with Crippen molar-refractivity contribution >= 4 is 34.8 Å². The number of nitrogens with two attached hydrogens (primary N) is 1. The zero-order valence-corrected chi connectivity index (χ0v) is 13.0. The Kier molecular flexibility index (Phi) is 5.55. The van der Waals surface area contributed by atoms with Crippen molar-refractivity contribution in [1.29, 1.82) is 0 Å². The van der Waals surface area contributed by atoms with Crippen LogP contribution in [0.5, 0.6) is 5.75 Å². The molecule has 0 unspecified atom stereocenters. The Labute approximate surface area is 133 Å². The van der Waals surface area contributed by atoms with Gasteiger partial charge in [-0.3, -0.25) is 0 Å². The van der Waals surface area contributed by atoms with Gasteiger partial charge in [-0.15, -0.1) is 0 Å². The molecule has 2 N–H and O–H groups in total. The molecule has 0 spiro atoms. The summed E-state index contributed by atoms with van der Waals surface area (Å²) in [6, 6.07) is 11.0. The van der Waals surface area contributed by atoms with Crippen molar-refractivity contribution in [2.45, 2.75) is 13.0 Å². The molecule has 0 amide bonds. The van der Waals surface area contributed by atoms with Crippen molar-refractivity contribution in [3.63, 3.8) is 0 Å². The predicted octanol–water partition coefficient (Wildman–Crippen LogP) is 4.73. The molecule has 0 aliphatic rings. The molecule has 0 aromatic heterocycles. The molecule has 2 nitrogen and oxygen atoms in total. The number of hydrogen-bond acceptors (Lipinski definition) is 2. The van der Waals surface area contributed by atoms with Gasteiger partial charge in [-0.1, -0.05) is 46.9 Å². The number of benzene rings is 2. The van der Waals surface area contributed by atoms with Gasteiger partial charge >= 0.3 is 0 Å². The normalized spacial score (nSPS) is 10.6. The van der Waals surface area contributed by atoms with Crippen molar-refractivity contribution in [3.05, 3.63) is 62.6 Å². The van der Waals surface area contributed by atoms with Gasteiger partial charge in [-0.2, -0.15) is 0 Å². The van der Waals surface area contributed by atoms with E-state index in [9.17, 15) is 0 Å². The highest BCUT2D eigenvalue weighted by atomic mass is 35.5. The van der Waals surface area contributed by atoms with Gasteiger partial charge in [0.05, 0.1) is 5.02 Å². The van der Waals surface area contributed by atoms with E-state index < -0.39 is 0 Å².